The zero-order valence-corrected chi connectivity index (χ0v) is 9.51. The topological polar surface area (TPSA) is 37.0 Å². The SMILES string of the molecule is Cc1cccnc1CNC1(C)CCNC1. The van der Waals surface area contributed by atoms with Crippen molar-refractivity contribution in [1.29, 1.82) is 0 Å². The van der Waals surface area contributed by atoms with Gasteiger partial charge in [-0.1, -0.05) is 6.07 Å². The highest BCUT2D eigenvalue weighted by molar-refractivity contribution is 5.17. The van der Waals surface area contributed by atoms with Gasteiger partial charge in [-0.3, -0.25) is 4.98 Å². The summed E-state index contributed by atoms with van der Waals surface area (Å²) < 4.78 is 0. The van der Waals surface area contributed by atoms with Gasteiger partial charge < -0.3 is 10.6 Å². The molecule has 3 nitrogen and oxygen atoms in total. The first-order valence-corrected chi connectivity index (χ1v) is 5.56. The van der Waals surface area contributed by atoms with Crippen LogP contribution in [0.1, 0.15) is 24.6 Å². The van der Waals surface area contributed by atoms with E-state index in [0.29, 0.717) is 0 Å². The minimum Gasteiger partial charge on any atom is -0.315 e. The van der Waals surface area contributed by atoms with E-state index in [9.17, 15) is 0 Å². The van der Waals surface area contributed by atoms with Crippen molar-refractivity contribution in [2.75, 3.05) is 13.1 Å². The Morgan fingerprint density at radius 2 is 2.47 bits per heavy atom. The van der Waals surface area contributed by atoms with Crippen molar-refractivity contribution >= 4 is 0 Å². The van der Waals surface area contributed by atoms with Gasteiger partial charge in [-0.25, -0.2) is 0 Å². The molecule has 2 heterocycles. The molecule has 1 atom stereocenters. The van der Waals surface area contributed by atoms with Crippen LogP contribution in [0.15, 0.2) is 18.3 Å². The van der Waals surface area contributed by atoms with Crippen molar-refractivity contribution in [3.05, 3.63) is 29.6 Å². The molecular weight excluding hydrogens is 186 g/mol. The molecule has 0 aliphatic carbocycles. The molecule has 3 heteroatoms. The molecule has 0 radical (unpaired) electrons. The number of rotatable bonds is 3. The third kappa shape index (κ3) is 2.55. The second-order valence-electron chi connectivity index (χ2n) is 4.61. The molecule has 1 aliphatic heterocycles. The summed E-state index contributed by atoms with van der Waals surface area (Å²) in [6.45, 7) is 7.42. The van der Waals surface area contributed by atoms with Crippen LogP contribution in [0.2, 0.25) is 0 Å². The van der Waals surface area contributed by atoms with Gasteiger partial charge in [0.15, 0.2) is 0 Å². The van der Waals surface area contributed by atoms with Gasteiger partial charge in [0.2, 0.25) is 0 Å². The van der Waals surface area contributed by atoms with Gasteiger partial charge >= 0.3 is 0 Å². The van der Waals surface area contributed by atoms with Crippen LogP contribution < -0.4 is 10.6 Å². The monoisotopic (exact) mass is 205 g/mol. The van der Waals surface area contributed by atoms with Gasteiger partial charge in [0.25, 0.3) is 0 Å². The molecule has 1 fully saturated rings. The summed E-state index contributed by atoms with van der Waals surface area (Å²) in [6, 6.07) is 4.09. The Balaban J connectivity index is 1.95. The number of nitrogens with one attached hydrogen (secondary N) is 2. The predicted octanol–water partition coefficient (Wildman–Crippen LogP) is 1.23. The van der Waals surface area contributed by atoms with Gasteiger partial charge in [-0.05, 0) is 38.4 Å². The summed E-state index contributed by atoms with van der Waals surface area (Å²) in [6.07, 6.45) is 3.05. The van der Waals surface area contributed by atoms with E-state index in [-0.39, 0.29) is 5.54 Å². The molecule has 2 rings (SSSR count). The van der Waals surface area contributed by atoms with E-state index in [1.165, 1.54) is 12.0 Å². The third-order valence-electron chi connectivity index (χ3n) is 3.17. The average molecular weight is 205 g/mol. The molecule has 0 amide bonds. The van der Waals surface area contributed by atoms with Crippen LogP contribution in [0.5, 0.6) is 0 Å². The van der Waals surface area contributed by atoms with Gasteiger partial charge in [-0.15, -0.1) is 0 Å². The zero-order valence-electron chi connectivity index (χ0n) is 9.51. The van der Waals surface area contributed by atoms with Gasteiger partial charge in [0, 0.05) is 24.8 Å². The molecular formula is C12H19N3. The third-order valence-corrected chi connectivity index (χ3v) is 3.17. The first kappa shape index (κ1) is 10.6. The number of pyridine rings is 1. The number of hydrogen-bond donors (Lipinski definition) is 2. The molecule has 0 saturated carbocycles. The van der Waals surface area contributed by atoms with Crippen LogP contribution in [-0.4, -0.2) is 23.6 Å². The highest BCUT2D eigenvalue weighted by Gasteiger charge is 2.27. The first-order valence-electron chi connectivity index (χ1n) is 5.56. The Labute approximate surface area is 91.3 Å². The lowest BCUT2D eigenvalue weighted by Gasteiger charge is -2.24. The molecule has 15 heavy (non-hydrogen) atoms. The minimum atomic E-state index is 0.240. The van der Waals surface area contributed by atoms with Crippen molar-refractivity contribution in [2.45, 2.75) is 32.4 Å². The predicted molar refractivity (Wildman–Crippen MR) is 61.7 cm³/mol. The maximum Gasteiger partial charge on any atom is 0.0570 e. The van der Waals surface area contributed by atoms with Gasteiger partial charge in [-0.2, -0.15) is 0 Å². The Morgan fingerprint density at radius 3 is 3.13 bits per heavy atom. The van der Waals surface area contributed by atoms with Crippen LogP contribution >= 0.6 is 0 Å². The van der Waals surface area contributed by atoms with Crippen molar-refractivity contribution in [2.24, 2.45) is 0 Å². The fourth-order valence-corrected chi connectivity index (χ4v) is 1.97. The standard InChI is InChI=1S/C12H19N3/c1-10-4-3-6-14-11(10)8-15-12(2)5-7-13-9-12/h3-4,6,13,15H,5,7-9H2,1-2H3. The number of aryl methyl sites for hydroxylation is 1. The van der Waals surface area contributed by atoms with Crippen LogP contribution in [0.4, 0.5) is 0 Å². The second-order valence-corrected chi connectivity index (χ2v) is 4.61. The summed E-state index contributed by atoms with van der Waals surface area (Å²) in [5.41, 5.74) is 2.66. The summed E-state index contributed by atoms with van der Waals surface area (Å²) in [4.78, 5) is 4.39. The number of hydrogen-bond acceptors (Lipinski definition) is 3. The van der Waals surface area contributed by atoms with E-state index in [2.05, 4.69) is 35.5 Å². The molecule has 0 spiro atoms. The molecule has 1 aliphatic rings. The number of nitrogens with zero attached hydrogens (tertiary/aromatic N) is 1. The molecule has 82 valence electrons. The quantitative estimate of drug-likeness (QED) is 0.779. The normalized spacial score (nSPS) is 25.7. The van der Waals surface area contributed by atoms with Crippen LogP contribution in [0.25, 0.3) is 0 Å². The molecule has 2 N–H and O–H groups in total. The summed E-state index contributed by atoms with van der Waals surface area (Å²) in [5, 5.41) is 6.97. The molecule has 0 aromatic carbocycles. The van der Waals surface area contributed by atoms with Gasteiger partial charge in [0.1, 0.15) is 0 Å². The fraction of sp³-hybridized carbons (Fsp3) is 0.583. The van der Waals surface area contributed by atoms with Crippen LogP contribution in [0, 0.1) is 6.92 Å². The zero-order chi connectivity index (χ0) is 10.7. The molecule has 1 saturated heterocycles. The van der Waals surface area contributed by atoms with Crippen molar-refractivity contribution in [1.82, 2.24) is 15.6 Å². The van der Waals surface area contributed by atoms with E-state index >= 15 is 0 Å². The summed E-state index contributed by atoms with van der Waals surface area (Å²) in [7, 11) is 0. The maximum atomic E-state index is 4.39. The second kappa shape index (κ2) is 4.29. The first-order chi connectivity index (χ1) is 7.20. The van der Waals surface area contributed by atoms with Crippen LogP contribution in [-0.2, 0) is 6.54 Å². The van der Waals surface area contributed by atoms with Crippen molar-refractivity contribution in [3.8, 4) is 0 Å². The summed E-state index contributed by atoms with van der Waals surface area (Å²) in [5.74, 6) is 0. The van der Waals surface area contributed by atoms with E-state index < -0.39 is 0 Å². The van der Waals surface area contributed by atoms with E-state index in [0.717, 1.165) is 25.3 Å². The maximum absolute atomic E-state index is 4.39. The van der Waals surface area contributed by atoms with E-state index in [1.807, 2.05) is 12.3 Å². The van der Waals surface area contributed by atoms with E-state index in [4.69, 9.17) is 0 Å². The minimum absolute atomic E-state index is 0.240. The lowest BCUT2D eigenvalue weighted by molar-refractivity contribution is 0.383. The largest absolute Gasteiger partial charge is 0.315 e. The highest BCUT2D eigenvalue weighted by atomic mass is 15.1. The van der Waals surface area contributed by atoms with Crippen molar-refractivity contribution in [3.63, 3.8) is 0 Å². The lowest BCUT2D eigenvalue weighted by atomic mass is 10.0. The Morgan fingerprint density at radius 1 is 1.60 bits per heavy atom. The Bertz CT molecular complexity index is 329. The Kier molecular flexibility index (Phi) is 3.03. The lowest BCUT2D eigenvalue weighted by Crippen LogP contribution is -2.43. The van der Waals surface area contributed by atoms with Crippen LogP contribution in [0.3, 0.4) is 0 Å². The number of aromatic nitrogens is 1. The molecule has 1 aromatic heterocycles. The Hall–Kier alpha value is -0.930. The van der Waals surface area contributed by atoms with Crippen molar-refractivity contribution < 1.29 is 0 Å². The summed E-state index contributed by atoms with van der Waals surface area (Å²) >= 11 is 0. The molecule has 1 unspecified atom stereocenters. The van der Waals surface area contributed by atoms with E-state index in [1.54, 1.807) is 0 Å². The average Bonchev–Trinajstić information content (AvgIpc) is 2.65. The molecule has 1 aromatic rings. The fourth-order valence-electron chi connectivity index (χ4n) is 1.97. The smallest absolute Gasteiger partial charge is 0.0570 e. The highest BCUT2D eigenvalue weighted by Crippen LogP contribution is 2.14. The molecule has 0 bridgehead atoms. The van der Waals surface area contributed by atoms with Gasteiger partial charge in [0.05, 0.1) is 5.69 Å².